The molecule has 1 aromatic rings. The Kier molecular flexibility index (Phi) is 4.87. The molecule has 1 saturated heterocycles. The molecule has 1 fully saturated rings. The second-order valence-corrected chi connectivity index (χ2v) is 6.21. The summed E-state index contributed by atoms with van der Waals surface area (Å²) in [5.74, 6) is 1.13. The van der Waals surface area contributed by atoms with E-state index in [0.717, 1.165) is 13.2 Å². The van der Waals surface area contributed by atoms with Crippen LogP contribution in [0, 0.1) is 0 Å². The van der Waals surface area contributed by atoms with Crippen LogP contribution < -0.4 is 5.32 Å². The largest absolute Gasteiger partial charge is 0.380 e. The summed E-state index contributed by atoms with van der Waals surface area (Å²) in [7, 11) is 0. The van der Waals surface area contributed by atoms with E-state index in [1.807, 2.05) is 0 Å². The van der Waals surface area contributed by atoms with Gasteiger partial charge in [0.05, 0.1) is 6.61 Å². The number of benzene rings is 1. The topological polar surface area (TPSA) is 21.3 Å². The molecule has 1 aliphatic rings. The van der Waals surface area contributed by atoms with Crippen molar-refractivity contribution in [3.63, 3.8) is 0 Å². The molecule has 2 nitrogen and oxygen atoms in total. The minimum atomic E-state index is 0.469. The SMILES string of the molecule is CC(C)c1ccc(NC2CCCOC2)c(C(C)C)c1. The molecule has 0 bridgehead atoms. The van der Waals surface area contributed by atoms with Crippen molar-refractivity contribution in [2.45, 2.75) is 58.4 Å². The molecule has 2 heteroatoms. The molecule has 19 heavy (non-hydrogen) atoms. The molecule has 1 atom stereocenters. The minimum absolute atomic E-state index is 0.469. The molecule has 1 heterocycles. The van der Waals surface area contributed by atoms with Crippen LogP contribution in [0.2, 0.25) is 0 Å². The maximum absolute atomic E-state index is 5.55. The van der Waals surface area contributed by atoms with E-state index in [1.54, 1.807) is 0 Å². The van der Waals surface area contributed by atoms with E-state index in [4.69, 9.17) is 4.74 Å². The van der Waals surface area contributed by atoms with Crippen LogP contribution in [-0.4, -0.2) is 19.3 Å². The Morgan fingerprint density at radius 2 is 1.95 bits per heavy atom. The third kappa shape index (κ3) is 3.73. The van der Waals surface area contributed by atoms with Gasteiger partial charge in [-0.2, -0.15) is 0 Å². The van der Waals surface area contributed by atoms with Crippen LogP contribution >= 0.6 is 0 Å². The number of nitrogens with one attached hydrogen (secondary N) is 1. The number of ether oxygens (including phenoxy) is 1. The molecule has 1 N–H and O–H groups in total. The Balaban J connectivity index is 2.18. The van der Waals surface area contributed by atoms with Gasteiger partial charge in [0, 0.05) is 18.3 Å². The molecule has 0 radical (unpaired) electrons. The van der Waals surface area contributed by atoms with Gasteiger partial charge in [0.15, 0.2) is 0 Å². The maximum atomic E-state index is 5.55. The van der Waals surface area contributed by atoms with Crippen molar-refractivity contribution in [1.82, 2.24) is 0 Å². The summed E-state index contributed by atoms with van der Waals surface area (Å²) in [5.41, 5.74) is 4.14. The van der Waals surface area contributed by atoms with Gasteiger partial charge in [0.25, 0.3) is 0 Å². The molecule has 2 rings (SSSR count). The van der Waals surface area contributed by atoms with Crippen LogP contribution in [0.1, 0.15) is 63.5 Å². The van der Waals surface area contributed by atoms with Crippen LogP contribution in [0.4, 0.5) is 5.69 Å². The Morgan fingerprint density at radius 1 is 1.16 bits per heavy atom. The molecule has 0 saturated carbocycles. The van der Waals surface area contributed by atoms with Gasteiger partial charge in [-0.15, -0.1) is 0 Å². The van der Waals surface area contributed by atoms with Crippen molar-refractivity contribution in [3.05, 3.63) is 29.3 Å². The third-order valence-electron chi connectivity index (χ3n) is 3.88. The highest BCUT2D eigenvalue weighted by Gasteiger charge is 2.16. The maximum Gasteiger partial charge on any atom is 0.0667 e. The number of hydrogen-bond acceptors (Lipinski definition) is 2. The Bertz CT molecular complexity index is 406. The van der Waals surface area contributed by atoms with Crippen molar-refractivity contribution in [3.8, 4) is 0 Å². The molecule has 0 aromatic heterocycles. The molecule has 106 valence electrons. The van der Waals surface area contributed by atoms with E-state index < -0.39 is 0 Å². The van der Waals surface area contributed by atoms with Crippen molar-refractivity contribution >= 4 is 5.69 Å². The monoisotopic (exact) mass is 261 g/mol. The lowest BCUT2D eigenvalue weighted by atomic mass is 9.93. The fraction of sp³-hybridized carbons (Fsp3) is 0.647. The molecule has 1 unspecified atom stereocenters. The number of anilines is 1. The Hall–Kier alpha value is -1.02. The average molecular weight is 261 g/mol. The normalized spacial score (nSPS) is 20.0. The van der Waals surface area contributed by atoms with Gasteiger partial charge in [-0.1, -0.05) is 39.8 Å². The fourth-order valence-corrected chi connectivity index (χ4v) is 2.62. The molecule has 0 spiro atoms. The van der Waals surface area contributed by atoms with E-state index >= 15 is 0 Å². The molecule has 1 aromatic carbocycles. The molecular weight excluding hydrogens is 234 g/mol. The number of rotatable bonds is 4. The standard InChI is InChI=1S/C17H27NO/c1-12(2)14-7-8-17(16(10-14)13(3)4)18-15-6-5-9-19-11-15/h7-8,10,12-13,15,18H,5-6,9,11H2,1-4H3. The highest BCUT2D eigenvalue weighted by Crippen LogP contribution is 2.29. The van der Waals surface area contributed by atoms with Gasteiger partial charge in [0.1, 0.15) is 0 Å². The summed E-state index contributed by atoms with van der Waals surface area (Å²) in [6.45, 7) is 10.8. The molecule has 0 aliphatic carbocycles. The summed E-state index contributed by atoms with van der Waals surface area (Å²) < 4.78 is 5.55. The summed E-state index contributed by atoms with van der Waals surface area (Å²) in [4.78, 5) is 0. The summed E-state index contributed by atoms with van der Waals surface area (Å²) >= 11 is 0. The highest BCUT2D eigenvalue weighted by atomic mass is 16.5. The first-order chi connectivity index (χ1) is 9.08. The average Bonchev–Trinajstić information content (AvgIpc) is 2.39. The first kappa shape index (κ1) is 14.4. The van der Waals surface area contributed by atoms with Crippen LogP contribution in [0.25, 0.3) is 0 Å². The third-order valence-corrected chi connectivity index (χ3v) is 3.88. The summed E-state index contributed by atoms with van der Waals surface area (Å²) in [5, 5.41) is 3.67. The second kappa shape index (κ2) is 6.42. The smallest absolute Gasteiger partial charge is 0.0667 e. The zero-order valence-electron chi connectivity index (χ0n) is 12.7. The summed E-state index contributed by atoms with van der Waals surface area (Å²) in [6, 6.07) is 7.33. The molecule has 0 amide bonds. The van der Waals surface area contributed by atoms with Gasteiger partial charge in [-0.3, -0.25) is 0 Å². The van der Waals surface area contributed by atoms with Crippen LogP contribution in [0.3, 0.4) is 0 Å². The highest BCUT2D eigenvalue weighted by molar-refractivity contribution is 5.55. The predicted molar refractivity (Wildman–Crippen MR) is 82.1 cm³/mol. The van der Waals surface area contributed by atoms with Crippen LogP contribution in [-0.2, 0) is 4.74 Å². The van der Waals surface area contributed by atoms with Crippen molar-refractivity contribution in [1.29, 1.82) is 0 Å². The van der Waals surface area contributed by atoms with Gasteiger partial charge in [0.2, 0.25) is 0 Å². The first-order valence-electron chi connectivity index (χ1n) is 7.56. The Morgan fingerprint density at radius 3 is 2.53 bits per heavy atom. The zero-order chi connectivity index (χ0) is 13.8. The van der Waals surface area contributed by atoms with Crippen LogP contribution in [0.15, 0.2) is 18.2 Å². The predicted octanol–water partition coefficient (Wildman–Crippen LogP) is 4.52. The van der Waals surface area contributed by atoms with Gasteiger partial charge in [-0.05, 0) is 41.9 Å². The molecular formula is C17H27NO. The summed E-state index contributed by atoms with van der Waals surface area (Å²) in [6.07, 6.45) is 2.38. The second-order valence-electron chi connectivity index (χ2n) is 6.21. The quantitative estimate of drug-likeness (QED) is 0.860. The Labute approximate surface area is 117 Å². The van der Waals surface area contributed by atoms with E-state index in [0.29, 0.717) is 17.9 Å². The van der Waals surface area contributed by atoms with Crippen molar-refractivity contribution in [2.75, 3.05) is 18.5 Å². The van der Waals surface area contributed by atoms with Gasteiger partial charge in [-0.25, -0.2) is 0 Å². The van der Waals surface area contributed by atoms with Gasteiger partial charge >= 0.3 is 0 Å². The zero-order valence-corrected chi connectivity index (χ0v) is 12.7. The first-order valence-corrected chi connectivity index (χ1v) is 7.56. The van der Waals surface area contributed by atoms with E-state index in [2.05, 4.69) is 51.2 Å². The van der Waals surface area contributed by atoms with E-state index in [-0.39, 0.29) is 0 Å². The van der Waals surface area contributed by atoms with Crippen molar-refractivity contribution < 1.29 is 4.74 Å². The number of hydrogen-bond donors (Lipinski definition) is 1. The fourth-order valence-electron chi connectivity index (χ4n) is 2.62. The lowest BCUT2D eigenvalue weighted by Crippen LogP contribution is -2.30. The lowest BCUT2D eigenvalue weighted by Gasteiger charge is -2.26. The van der Waals surface area contributed by atoms with E-state index in [1.165, 1.54) is 29.7 Å². The lowest BCUT2D eigenvalue weighted by molar-refractivity contribution is 0.0876. The van der Waals surface area contributed by atoms with E-state index in [9.17, 15) is 0 Å². The van der Waals surface area contributed by atoms with Gasteiger partial charge < -0.3 is 10.1 Å². The molecule has 1 aliphatic heterocycles. The minimum Gasteiger partial charge on any atom is -0.380 e. The van der Waals surface area contributed by atoms with Crippen LogP contribution in [0.5, 0.6) is 0 Å². The van der Waals surface area contributed by atoms with Crippen molar-refractivity contribution in [2.24, 2.45) is 0 Å².